The van der Waals surface area contributed by atoms with Crippen LogP contribution >= 0.6 is 0 Å². The molecule has 3 N–H and O–H groups in total. The van der Waals surface area contributed by atoms with Crippen molar-refractivity contribution in [2.45, 2.75) is 38.8 Å². The Morgan fingerprint density at radius 1 is 1.71 bits per heavy atom. The number of nitrogens with zero attached hydrogens (tertiary/aromatic N) is 2. The Morgan fingerprint density at radius 2 is 2.53 bits per heavy atom. The molecule has 1 fully saturated rings. The van der Waals surface area contributed by atoms with Gasteiger partial charge in [-0.3, -0.25) is 4.79 Å². The van der Waals surface area contributed by atoms with Gasteiger partial charge in [-0.15, -0.1) is 0 Å². The molecular weight excluding hydrogens is 216 g/mol. The summed E-state index contributed by atoms with van der Waals surface area (Å²) in [5.74, 6) is 0.0214. The van der Waals surface area contributed by atoms with Crippen LogP contribution in [0.15, 0.2) is 18.3 Å². The van der Waals surface area contributed by atoms with E-state index in [9.17, 15) is 4.79 Å². The van der Waals surface area contributed by atoms with Crippen LogP contribution < -0.4 is 11.1 Å². The first-order valence-corrected chi connectivity index (χ1v) is 5.93. The number of carbonyl (C=O) groups is 1. The third kappa shape index (κ3) is 2.44. The fourth-order valence-corrected chi connectivity index (χ4v) is 2.28. The maximum atomic E-state index is 12.1. The van der Waals surface area contributed by atoms with Crippen LogP contribution in [0.5, 0.6) is 0 Å². The van der Waals surface area contributed by atoms with Crippen molar-refractivity contribution < 1.29 is 4.79 Å². The van der Waals surface area contributed by atoms with E-state index in [1.54, 1.807) is 12.3 Å². The van der Waals surface area contributed by atoms with Crippen LogP contribution in [0, 0.1) is 5.41 Å². The zero-order chi connectivity index (χ0) is 12.3. The average Bonchev–Trinajstić information content (AvgIpc) is 2.69. The number of hydrogen-bond donors (Lipinski definition) is 2. The normalized spacial score (nSPS) is 28.0. The van der Waals surface area contributed by atoms with Crippen LogP contribution in [-0.4, -0.2) is 22.1 Å². The summed E-state index contributed by atoms with van der Waals surface area (Å²) in [5, 5.41) is 10.6. The minimum absolute atomic E-state index is 0.0214. The summed E-state index contributed by atoms with van der Waals surface area (Å²) in [6.07, 6.45) is 4.42. The predicted octanol–water partition coefficient (Wildman–Crippen LogP) is 0.610. The number of nitrogens with one attached hydrogen (secondary N) is 1. The molecule has 2 rings (SSSR count). The van der Waals surface area contributed by atoms with E-state index in [1.165, 1.54) is 0 Å². The first kappa shape index (κ1) is 12.0. The Morgan fingerprint density at radius 3 is 3.12 bits per heavy atom. The fourth-order valence-electron chi connectivity index (χ4n) is 2.28. The van der Waals surface area contributed by atoms with Gasteiger partial charge in [0.15, 0.2) is 0 Å². The van der Waals surface area contributed by atoms with E-state index in [1.807, 2.05) is 13.0 Å². The number of aromatic nitrogens is 2. The zero-order valence-electron chi connectivity index (χ0n) is 10.0. The SMILES string of the molecule is CC1(C(=O)NCc2cccnn2)CCCC1N. The molecule has 17 heavy (non-hydrogen) atoms. The largest absolute Gasteiger partial charge is 0.350 e. The lowest BCUT2D eigenvalue weighted by Gasteiger charge is -2.27. The number of carbonyl (C=O) groups excluding carboxylic acids is 1. The minimum atomic E-state index is -0.428. The second-order valence-corrected chi connectivity index (χ2v) is 4.81. The van der Waals surface area contributed by atoms with Crippen LogP contribution in [0.3, 0.4) is 0 Å². The number of amides is 1. The second-order valence-electron chi connectivity index (χ2n) is 4.81. The molecule has 1 aliphatic rings. The van der Waals surface area contributed by atoms with Crippen molar-refractivity contribution in [3.63, 3.8) is 0 Å². The highest BCUT2D eigenvalue weighted by Gasteiger charge is 2.42. The number of hydrogen-bond acceptors (Lipinski definition) is 4. The highest BCUT2D eigenvalue weighted by atomic mass is 16.2. The molecule has 92 valence electrons. The van der Waals surface area contributed by atoms with Gasteiger partial charge < -0.3 is 11.1 Å². The van der Waals surface area contributed by atoms with Gasteiger partial charge in [-0.1, -0.05) is 6.42 Å². The van der Waals surface area contributed by atoms with Crippen LogP contribution in [0.25, 0.3) is 0 Å². The third-order valence-corrected chi connectivity index (χ3v) is 3.61. The molecular formula is C12H18N4O. The average molecular weight is 234 g/mol. The lowest BCUT2D eigenvalue weighted by molar-refractivity contribution is -0.130. The van der Waals surface area contributed by atoms with Crippen LogP contribution in [-0.2, 0) is 11.3 Å². The summed E-state index contributed by atoms with van der Waals surface area (Å²) >= 11 is 0. The summed E-state index contributed by atoms with van der Waals surface area (Å²) in [6, 6.07) is 3.60. The molecule has 5 nitrogen and oxygen atoms in total. The monoisotopic (exact) mass is 234 g/mol. The van der Waals surface area contributed by atoms with Gasteiger partial charge in [0.25, 0.3) is 0 Å². The van der Waals surface area contributed by atoms with Gasteiger partial charge >= 0.3 is 0 Å². The molecule has 1 heterocycles. The molecule has 5 heteroatoms. The van der Waals surface area contributed by atoms with Gasteiger partial charge in [0, 0.05) is 12.2 Å². The number of nitrogens with two attached hydrogens (primary N) is 1. The van der Waals surface area contributed by atoms with Crippen LogP contribution in [0.2, 0.25) is 0 Å². The molecule has 1 aliphatic carbocycles. The predicted molar refractivity (Wildman–Crippen MR) is 63.8 cm³/mol. The summed E-state index contributed by atoms with van der Waals surface area (Å²) in [4.78, 5) is 12.1. The molecule has 0 radical (unpaired) electrons. The molecule has 0 bridgehead atoms. The van der Waals surface area contributed by atoms with E-state index in [2.05, 4.69) is 15.5 Å². The van der Waals surface area contributed by atoms with Crippen molar-refractivity contribution >= 4 is 5.91 Å². The van der Waals surface area contributed by atoms with Crippen LogP contribution in [0.1, 0.15) is 31.9 Å². The second kappa shape index (κ2) is 4.79. The molecule has 0 aliphatic heterocycles. The highest BCUT2D eigenvalue weighted by molar-refractivity contribution is 5.83. The molecule has 1 saturated carbocycles. The summed E-state index contributed by atoms with van der Waals surface area (Å²) < 4.78 is 0. The van der Waals surface area contributed by atoms with Crippen molar-refractivity contribution in [3.05, 3.63) is 24.0 Å². The van der Waals surface area contributed by atoms with Crippen molar-refractivity contribution in [1.29, 1.82) is 0 Å². The minimum Gasteiger partial charge on any atom is -0.350 e. The van der Waals surface area contributed by atoms with Gasteiger partial charge in [-0.2, -0.15) is 10.2 Å². The van der Waals surface area contributed by atoms with E-state index >= 15 is 0 Å². The molecule has 2 unspecified atom stereocenters. The first-order chi connectivity index (χ1) is 8.13. The number of rotatable bonds is 3. The van der Waals surface area contributed by atoms with Gasteiger partial charge in [-0.25, -0.2) is 0 Å². The van der Waals surface area contributed by atoms with Gasteiger partial charge in [0.1, 0.15) is 0 Å². The van der Waals surface area contributed by atoms with Gasteiger partial charge in [0.05, 0.1) is 17.7 Å². The summed E-state index contributed by atoms with van der Waals surface area (Å²) in [5.41, 5.74) is 6.33. The third-order valence-electron chi connectivity index (χ3n) is 3.61. The standard InChI is InChI=1S/C12H18N4O/c1-12(6-2-5-10(12)13)11(17)14-8-9-4-3-7-15-16-9/h3-4,7,10H,2,5-6,8,13H2,1H3,(H,14,17). The highest BCUT2D eigenvalue weighted by Crippen LogP contribution is 2.36. The first-order valence-electron chi connectivity index (χ1n) is 5.93. The molecule has 1 amide bonds. The summed E-state index contributed by atoms with van der Waals surface area (Å²) in [7, 11) is 0. The molecule has 0 saturated heterocycles. The molecule has 1 aromatic heterocycles. The Labute approximate surface area is 101 Å². The van der Waals surface area contributed by atoms with E-state index < -0.39 is 5.41 Å². The van der Waals surface area contributed by atoms with Crippen molar-refractivity contribution in [3.8, 4) is 0 Å². The Hall–Kier alpha value is -1.49. The van der Waals surface area contributed by atoms with E-state index in [-0.39, 0.29) is 11.9 Å². The topological polar surface area (TPSA) is 80.9 Å². The van der Waals surface area contributed by atoms with Crippen molar-refractivity contribution in [2.24, 2.45) is 11.1 Å². The van der Waals surface area contributed by atoms with Crippen molar-refractivity contribution in [2.75, 3.05) is 0 Å². The zero-order valence-corrected chi connectivity index (χ0v) is 10.0. The smallest absolute Gasteiger partial charge is 0.227 e. The molecule has 1 aromatic rings. The molecule has 2 atom stereocenters. The van der Waals surface area contributed by atoms with E-state index in [0.29, 0.717) is 6.54 Å². The van der Waals surface area contributed by atoms with Gasteiger partial charge in [-0.05, 0) is 31.9 Å². The lowest BCUT2D eigenvalue weighted by Crippen LogP contribution is -2.47. The molecule has 0 spiro atoms. The van der Waals surface area contributed by atoms with Crippen LogP contribution in [0.4, 0.5) is 0 Å². The van der Waals surface area contributed by atoms with E-state index in [4.69, 9.17) is 5.73 Å². The molecule has 0 aromatic carbocycles. The van der Waals surface area contributed by atoms with Gasteiger partial charge in [0.2, 0.25) is 5.91 Å². The lowest BCUT2D eigenvalue weighted by atomic mass is 9.84. The fraction of sp³-hybridized carbons (Fsp3) is 0.583. The van der Waals surface area contributed by atoms with E-state index in [0.717, 1.165) is 25.0 Å². The maximum Gasteiger partial charge on any atom is 0.227 e. The Kier molecular flexibility index (Phi) is 3.38. The van der Waals surface area contributed by atoms with Crippen molar-refractivity contribution in [1.82, 2.24) is 15.5 Å². The maximum absolute atomic E-state index is 12.1. The quantitative estimate of drug-likeness (QED) is 0.803. The Balaban J connectivity index is 1.94. The Bertz CT molecular complexity index is 395. The summed E-state index contributed by atoms with van der Waals surface area (Å²) in [6.45, 7) is 2.35.